The molecule has 2 aliphatic rings. The predicted molar refractivity (Wildman–Crippen MR) is 85.9 cm³/mol. The fourth-order valence-electron chi connectivity index (χ4n) is 2.99. The summed E-state index contributed by atoms with van der Waals surface area (Å²) in [6.45, 7) is 4.32. The van der Waals surface area contributed by atoms with Crippen molar-refractivity contribution in [1.29, 1.82) is 0 Å². The van der Waals surface area contributed by atoms with Crippen molar-refractivity contribution in [3.8, 4) is 0 Å². The van der Waals surface area contributed by atoms with Gasteiger partial charge in [0.15, 0.2) is 0 Å². The average molecular weight is 324 g/mol. The van der Waals surface area contributed by atoms with Crippen LogP contribution in [0.5, 0.6) is 0 Å². The third-order valence-electron chi connectivity index (χ3n) is 4.23. The molecule has 6 heteroatoms. The predicted octanol–water partition coefficient (Wildman–Crippen LogP) is 1.59. The summed E-state index contributed by atoms with van der Waals surface area (Å²) in [4.78, 5) is 18.2. The Labute approximate surface area is 135 Å². The highest BCUT2D eigenvalue weighted by Crippen LogP contribution is 2.19. The van der Waals surface area contributed by atoms with Crippen molar-refractivity contribution in [1.82, 2.24) is 9.80 Å². The smallest absolute Gasteiger partial charge is 0.253 e. The zero-order valence-corrected chi connectivity index (χ0v) is 13.9. The van der Waals surface area contributed by atoms with Gasteiger partial charge in [-0.1, -0.05) is 6.07 Å². The van der Waals surface area contributed by atoms with Crippen molar-refractivity contribution < 1.29 is 14.3 Å². The van der Waals surface area contributed by atoms with E-state index in [1.54, 1.807) is 11.3 Å². The topological polar surface area (TPSA) is 42.0 Å². The molecule has 1 aromatic rings. The first-order chi connectivity index (χ1) is 10.7. The molecule has 22 heavy (non-hydrogen) atoms. The molecule has 0 radical (unpaired) electrons. The minimum absolute atomic E-state index is 0.0930. The molecule has 1 amide bonds. The van der Waals surface area contributed by atoms with Crippen LogP contribution in [-0.4, -0.2) is 67.8 Å². The summed E-state index contributed by atoms with van der Waals surface area (Å²) in [7, 11) is 2.03. The summed E-state index contributed by atoms with van der Waals surface area (Å²) in [5.41, 5.74) is 0. The van der Waals surface area contributed by atoms with Gasteiger partial charge >= 0.3 is 0 Å². The number of amides is 1. The van der Waals surface area contributed by atoms with E-state index >= 15 is 0 Å². The summed E-state index contributed by atoms with van der Waals surface area (Å²) in [5.74, 6) is 0.0930. The lowest BCUT2D eigenvalue weighted by molar-refractivity contribution is -0.151. The van der Waals surface area contributed by atoms with Crippen LogP contribution in [0, 0.1) is 0 Å². The van der Waals surface area contributed by atoms with Crippen LogP contribution >= 0.6 is 11.3 Å². The molecule has 0 spiro atoms. The molecule has 3 rings (SSSR count). The second kappa shape index (κ2) is 7.55. The number of carbonyl (C=O) groups excluding carboxylic acids is 1. The van der Waals surface area contributed by atoms with Gasteiger partial charge in [-0.3, -0.25) is 4.79 Å². The normalized spacial score (nSPS) is 26.2. The van der Waals surface area contributed by atoms with Crippen LogP contribution in [0.2, 0.25) is 0 Å². The summed E-state index contributed by atoms with van der Waals surface area (Å²) in [6, 6.07) is 4.11. The van der Waals surface area contributed by atoms with Gasteiger partial charge < -0.3 is 19.3 Å². The van der Waals surface area contributed by atoms with Crippen LogP contribution in [0.1, 0.15) is 17.7 Å². The number of nitrogens with zero attached hydrogens (tertiary/aromatic N) is 2. The van der Waals surface area contributed by atoms with Gasteiger partial charge in [0.2, 0.25) is 0 Å². The fraction of sp³-hybridized carbons (Fsp3) is 0.688. The average Bonchev–Trinajstić information content (AvgIpc) is 3.19. The van der Waals surface area contributed by atoms with Crippen molar-refractivity contribution in [3.63, 3.8) is 0 Å². The molecule has 1 aromatic heterocycles. The van der Waals surface area contributed by atoms with Crippen LogP contribution in [0.4, 0.5) is 0 Å². The third-order valence-corrected chi connectivity index (χ3v) is 5.09. The SMILES string of the molecule is CN1CCO[C@@H](C(=O)N(Cc2cccs2)C[C@H]2CCCO2)C1. The van der Waals surface area contributed by atoms with E-state index in [-0.39, 0.29) is 18.1 Å². The Kier molecular flexibility index (Phi) is 5.46. The van der Waals surface area contributed by atoms with E-state index in [1.807, 2.05) is 18.0 Å². The quantitative estimate of drug-likeness (QED) is 0.825. The molecular formula is C16H24N2O3S. The van der Waals surface area contributed by atoms with E-state index in [0.29, 0.717) is 26.2 Å². The Balaban J connectivity index is 1.66. The second-order valence-electron chi connectivity index (χ2n) is 6.05. The highest BCUT2D eigenvalue weighted by Gasteiger charge is 2.31. The fourth-order valence-corrected chi connectivity index (χ4v) is 3.71. The highest BCUT2D eigenvalue weighted by molar-refractivity contribution is 7.09. The molecule has 0 unspecified atom stereocenters. The van der Waals surface area contributed by atoms with Crippen molar-refractivity contribution in [2.45, 2.75) is 31.6 Å². The maximum atomic E-state index is 12.9. The number of morpholine rings is 1. The number of likely N-dealkylation sites (N-methyl/N-ethyl adjacent to an activating group) is 1. The van der Waals surface area contributed by atoms with Gasteiger partial charge in [-0.25, -0.2) is 0 Å². The van der Waals surface area contributed by atoms with Crippen LogP contribution in [-0.2, 0) is 20.8 Å². The molecule has 5 nitrogen and oxygen atoms in total. The summed E-state index contributed by atoms with van der Waals surface area (Å²) in [5, 5.41) is 2.05. The number of rotatable bonds is 5. The van der Waals surface area contributed by atoms with Gasteiger partial charge in [-0.15, -0.1) is 11.3 Å². The van der Waals surface area contributed by atoms with Gasteiger partial charge in [0.25, 0.3) is 5.91 Å². The summed E-state index contributed by atoms with van der Waals surface area (Å²) >= 11 is 1.69. The molecule has 2 atom stereocenters. The number of hydrogen-bond acceptors (Lipinski definition) is 5. The molecule has 0 aromatic carbocycles. The van der Waals surface area contributed by atoms with Gasteiger partial charge in [0.05, 0.1) is 19.3 Å². The number of thiophene rings is 1. The van der Waals surface area contributed by atoms with E-state index in [0.717, 1.165) is 26.0 Å². The molecule has 3 heterocycles. The molecule has 0 aliphatic carbocycles. The molecular weight excluding hydrogens is 300 g/mol. The van der Waals surface area contributed by atoms with E-state index in [4.69, 9.17) is 9.47 Å². The van der Waals surface area contributed by atoms with E-state index in [1.165, 1.54) is 4.88 Å². The molecule has 2 aliphatic heterocycles. The number of ether oxygens (including phenoxy) is 2. The third kappa shape index (κ3) is 4.07. The summed E-state index contributed by atoms with van der Waals surface area (Å²) in [6.07, 6.45) is 1.96. The van der Waals surface area contributed by atoms with Crippen LogP contribution in [0.3, 0.4) is 0 Å². The molecule has 0 saturated carbocycles. The van der Waals surface area contributed by atoms with Crippen molar-refractivity contribution >= 4 is 17.2 Å². The number of hydrogen-bond donors (Lipinski definition) is 0. The maximum absolute atomic E-state index is 12.9. The van der Waals surface area contributed by atoms with Crippen molar-refractivity contribution in [3.05, 3.63) is 22.4 Å². The highest BCUT2D eigenvalue weighted by atomic mass is 32.1. The second-order valence-corrected chi connectivity index (χ2v) is 7.09. The lowest BCUT2D eigenvalue weighted by Crippen LogP contribution is -2.51. The first-order valence-electron chi connectivity index (χ1n) is 7.95. The van der Waals surface area contributed by atoms with Gasteiger partial charge in [0.1, 0.15) is 6.10 Å². The molecule has 0 bridgehead atoms. The monoisotopic (exact) mass is 324 g/mol. The van der Waals surface area contributed by atoms with Crippen LogP contribution < -0.4 is 0 Å². The molecule has 122 valence electrons. The summed E-state index contributed by atoms with van der Waals surface area (Å²) < 4.78 is 11.4. The molecule has 2 saturated heterocycles. The van der Waals surface area contributed by atoms with Crippen LogP contribution in [0.15, 0.2) is 17.5 Å². The zero-order chi connectivity index (χ0) is 15.4. The Bertz CT molecular complexity index is 474. The Morgan fingerprint density at radius 1 is 1.45 bits per heavy atom. The van der Waals surface area contributed by atoms with Crippen molar-refractivity contribution in [2.75, 3.05) is 39.9 Å². The molecule has 0 N–H and O–H groups in total. The van der Waals surface area contributed by atoms with Gasteiger partial charge in [-0.05, 0) is 31.3 Å². The van der Waals surface area contributed by atoms with Crippen molar-refractivity contribution in [2.24, 2.45) is 0 Å². The largest absolute Gasteiger partial charge is 0.376 e. The molecule has 2 fully saturated rings. The van der Waals surface area contributed by atoms with E-state index < -0.39 is 0 Å². The lowest BCUT2D eigenvalue weighted by atomic mass is 10.2. The minimum Gasteiger partial charge on any atom is -0.376 e. The van der Waals surface area contributed by atoms with Gasteiger partial charge in [0, 0.05) is 31.1 Å². The van der Waals surface area contributed by atoms with E-state index in [2.05, 4.69) is 16.3 Å². The minimum atomic E-state index is -0.347. The Morgan fingerprint density at radius 3 is 3.05 bits per heavy atom. The lowest BCUT2D eigenvalue weighted by Gasteiger charge is -2.34. The number of carbonyl (C=O) groups is 1. The first kappa shape index (κ1) is 15.9. The van der Waals surface area contributed by atoms with Gasteiger partial charge in [-0.2, -0.15) is 0 Å². The van der Waals surface area contributed by atoms with Crippen LogP contribution in [0.25, 0.3) is 0 Å². The first-order valence-corrected chi connectivity index (χ1v) is 8.83. The van der Waals surface area contributed by atoms with E-state index in [9.17, 15) is 4.79 Å². The zero-order valence-electron chi connectivity index (χ0n) is 13.1. The Morgan fingerprint density at radius 2 is 2.36 bits per heavy atom. The standard InChI is InChI=1S/C16H24N2O3S/c1-17-6-8-21-15(12-17)16(19)18(10-13-4-2-7-20-13)11-14-5-3-9-22-14/h3,5,9,13,15H,2,4,6-8,10-12H2,1H3/t13-,15-/m1/s1. The Hall–Kier alpha value is -0.950. The maximum Gasteiger partial charge on any atom is 0.253 e.